The summed E-state index contributed by atoms with van der Waals surface area (Å²) in [4.78, 5) is 14.6. The number of carbonyl (C=O) groups is 1. The van der Waals surface area contributed by atoms with Gasteiger partial charge in [0.1, 0.15) is 0 Å². The lowest BCUT2D eigenvalue weighted by molar-refractivity contribution is -0.142. The van der Waals surface area contributed by atoms with E-state index in [2.05, 4.69) is 0 Å². The summed E-state index contributed by atoms with van der Waals surface area (Å²) in [7, 11) is 1.75. The van der Waals surface area contributed by atoms with Crippen molar-refractivity contribution in [1.82, 2.24) is 4.90 Å². The summed E-state index contributed by atoms with van der Waals surface area (Å²) in [5.74, 6) is 0.603. The van der Waals surface area contributed by atoms with Crippen LogP contribution in [0.1, 0.15) is 44.9 Å². The number of hydrogen-bond acceptors (Lipinski definition) is 3. The molecule has 1 heterocycles. The number of amides is 1. The van der Waals surface area contributed by atoms with Crippen LogP contribution in [0.15, 0.2) is 0 Å². The number of rotatable bonds is 3. The summed E-state index contributed by atoms with van der Waals surface area (Å²) < 4.78 is 5.40. The van der Waals surface area contributed by atoms with E-state index >= 15 is 0 Å². The molecule has 2 fully saturated rings. The highest BCUT2D eigenvalue weighted by Gasteiger charge is 2.34. The molecule has 19 heavy (non-hydrogen) atoms. The molecule has 1 saturated carbocycles. The lowest BCUT2D eigenvalue weighted by Gasteiger charge is -2.40. The van der Waals surface area contributed by atoms with Gasteiger partial charge in [0.15, 0.2) is 0 Å². The minimum atomic E-state index is 0. The zero-order valence-corrected chi connectivity index (χ0v) is 12.7. The fourth-order valence-electron chi connectivity index (χ4n) is 3.33. The first-order valence-electron chi connectivity index (χ1n) is 7.29. The van der Waals surface area contributed by atoms with Gasteiger partial charge in [-0.1, -0.05) is 19.3 Å². The molecular formula is C14H27ClN2O2. The van der Waals surface area contributed by atoms with Gasteiger partial charge in [0, 0.05) is 32.2 Å². The van der Waals surface area contributed by atoms with Gasteiger partial charge < -0.3 is 15.4 Å². The minimum absolute atomic E-state index is 0. The molecule has 0 radical (unpaired) electrons. The average molecular weight is 291 g/mol. The molecule has 2 atom stereocenters. The van der Waals surface area contributed by atoms with Crippen LogP contribution in [-0.2, 0) is 9.53 Å². The number of methoxy groups -OCH3 is 1. The molecule has 1 aliphatic carbocycles. The van der Waals surface area contributed by atoms with Crippen molar-refractivity contribution in [3.63, 3.8) is 0 Å². The number of halogens is 1. The van der Waals surface area contributed by atoms with Gasteiger partial charge in [-0.3, -0.25) is 4.79 Å². The maximum Gasteiger partial charge on any atom is 0.225 e. The highest BCUT2D eigenvalue weighted by Crippen LogP contribution is 2.28. The van der Waals surface area contributed by atoms with E-state index in [1.54, 1.807) is 7.11 Å². The number of ether oxygens (including phenoxy) is 1. The molecule has 0 aromatic heterocycles. The topological polar surface area (TPSA) is 55.6 Å². The Bertz CT molecular complexity index is 283. The van der Waals surface area contributed by atoms with Gasteiger partial charge in [0.05, 0.1) is 6.10 Å². The lowest BCUT2D eigenvalue weighted by atomic mass is 9.87. The van der Waals surface area contributed by atoms with Gasteiger partial charge in [-0.15, -0.1) is 12.4 Å². The van der Waals surface area contributed by atoms with E-state index in [0.717, 1.165) is 32.2 Å². The Kier molecular flexibility index (Phi) is 7.11. The van der Waals surface area contributed by atoms with E-state index < -0.39 is 0 Å². The Morgan fingerprint density at radius 2 is 1.95 bits per heavy atom. The average Bonchev–Trinajstić information content (AvgIpc) is 2.46. The van der Waals surface area contributed by atoms with Crippen LogP contribution < -0.4 is 5.73 Å². The summed E-state index contributed by atoms with van der Waals surface area (Å²) in [5.41, 5.74) is 5.83. The summed E-state index contributed by atoms with van der Waals surface area (Å²) >= 11 is 0. The zero-order chi connectivity index (χ0) is 13.0. The minimum Gasteiger partial charge on any atom is -0.381 e. The summed E-state index contributed by atoms with van der Waals surface area (Å²) in [6, 6.07) is 0.179. The third-order valence-corrected chi connectivity index (χ3v) is 4.51. The fraction of sp³-hybridized carbons (Fsp3) is 0.929. The molecule has 2 N–H and O–H groups in total. The maximum atomic E-state index is 12.5. The molecule has 0 aromatic carbocycles. The molecule has 5 heteroatoms. The highest BCUT2D eigenvalue weighted by atomic mass is 35.5. The van der Waals surface area contributed by atoms with Crippen molar-refractivity contribution in [3.8, 4) is 0 Å². The van der Waals surface area contributed by atoms with Crippen molar-refractivity contribution >= 4 is 18.3 Å². The first-order valence-corrected chi connectivity index (χ1v) is 7.29. The fourth-order valence-corrected chi connectivity index (χ4v) is 3.33. The number of hydrogen-bond donors (Lipinski definition) is 1. The SMILES string of the molecule is COC1CCN(C(=O)C2CCCCC2)C(CN)C1.Cl. The van der Waals surface area contributed by atoms with Crippen LogP contribution in [0.25, 0.3) is 0 Å². The molecular weight excluding hydrogens is 264 g/mol. The molecule has 0 spiro atoms. The van der Waals surface area contributed by atoms with Crippen molar-refractivity contribution in [2.75, 3.05) is 20.2 Å². The number of likely N-dealkylation sites (tertiary alicyclic amines) is 1. The lowest BCUT2D eigenvalue weighted by Crippen LogP contribution is -2.53. The predicted octanol–water partition coefficient (Wildman–Crippen LogP) is 1.95. The molecule has 1 saturated heterocycles. The molecule has 4 nitrogen and oxygen atoms in total. The normalized spacial score (nSPS) is 28.8. The highest BCUT2D eigenvalue weighted by molar-refractivity contribution is 5.85. The molecule has 0 bridgehead atoms. The van der Waals surface area contributed by atoms with Gasteiger partial charge in [0.25, 0.3) is 0 Å². The van der Waals surface area contributed by atoms with E-state index in [0.29, 0.717) is 12.5 Å². The quantitative estimate of drug-likeness (QED) is 0.864. The van der Waals surface area contributed by atoms with Crippen molar-refractivity contribution < 1.29 is 9.53 Å². The standard InChI is InChI=1S/C14H26N2O2.ClH/c1-18-13-7-8-16(12(9-13)10-15)14(17)11-5-3-2-4-6-11;/h11-13H,2-10,15H2,1H3;1H. The van der Waals surface area contributed by atoms with Crippen LogP contribution in [0.5, 0.6) is 0 Å². The summed E-state index contributed by atoms with van der Waals surface area (Å²) in [6.45, 7) is 1.37. The molecule has 1 amide bonds. The van der Waals surface area contributed by atoms with E-state index in [4.69, 9.17) is 10.5 Å². The van der Waals surface area contributed by atoms with Crippen molar-refractivity contribution in [2.24, 2.45) is 11.7 Å². The third kappa shape index (κ3) is 4.07. The Labute approximate surface area is 122 Å². The largest absolute Gasteiger partial charge is 0.381 e. The number of piperidine rings is 1. The Hall–Kier alpha value is -0.320. The smallest absolute Gasteiger partial charge is 0.225 e. The Morgan fingerprint density at radius 1 is 1.26 bits per heavy atom. The third-order valence-electron chi connectivity index (χ3n) is 4.51. The molecule has 112 valence electrons. The van der Waals surface area contributed by atoms with Crippen LogP contribution in [0.4, 0.5) is 0 Å². The Balaban J connectivity index is 0.00000180. The second-order valence-electron chi connectivity index (χ2n) is 5.64. The van der Waals surface area contributed by atoms with E-state index in [-0.39, 0.29) is 30.5 Å². The van der Waals surface area contributed by atoms with Gasteiger partial charge in [-0.2, -0.15) is 0 Å². The van der Waals surface area contributed by atoms with E-state index in [1.165, 1.54) is 19.3 Å². The van der Waals surface area contributed by atoms with Gasteiger partial charge in [0.2, 0.25) is 5.91 Å². The first kappa shape index (κ1) is 16.7. The van der Waals surface area contributed by atoms with Crippen LogP contribution >= 0.6 is 12.4 Å². The molecule has 1 aliphatic heterocycles. The summed E-state index contributed by atoms with van der Waals surface area (Å²) in [5, 5.41) is 0. The second kappa shape index (κ2) is 8.08. The number of carbonyl (C=O) groups excluding carboxylic acids is 1. The van der Waals surface area contributed by atoms with Crippen LogP contribution in [0, 0.1) is 5.92 Å². The van der Waals surface area contributed by atoms with E-state index in [1.807, 2.05) is 4.90 Å². The van der Waals surface area contributed by atoms with Crippen molar-refractivity contribution in [2.45, 2.75) is 57.1 Å². The monoisotopic (exact) mass is 290 g/mol. The van der Waals surface area contributed by atoms with Gasteiger partial charge in [-0.05, 0) is 25.7 Å². The van der Waals surface area contributed by atoms with Gasteiger partial charge >= 0.3 is 0 Å². The molecule has 2 rings (SSSR count). The van der Waals surface area contributed by atoms with Crippen molar-refractivity contribution in [1.29, 1.82) is 0 Å². The maximum absolute atomic E-state index is 12.5. The summed E-state index contributed by atoms with van der Waals surface area (Å²) in [6.07, 6.45) is 7.96. The molecule has 2 aliphatic rings. The van der Waals surface area contributed by atoms with Crippen LogP contribution in [-0.4, -0.2) is 43.2 Å². The van der Waals surface area contributed by atoms with Crippen LogP contribution in [0.3, 0.4) is 0 Å². The van der Waals surface area contributed by atoms with Gasteiger partial charge in [-0.25, -0.2) is 0 Å². The van der Waals surface area contributed by atoms with Crippen molar-refractivity contribution in [3.05, 3.63) is 0 Å². The Morgan fingerprint density at radius 3 is 2.53 bits per heavy atom. The molecule has 2 unspecified atom stereocenters. The zero-order valence-electron chi connectivity index (χ0n) is 11.8. The number of nitrogens with zero attached hydrogens (tertiary/aromatic N) is 1. The first-order chi connectivity index (χ1) is 8.76. The molecule has 0 aromatic rings. The van der Waals surface area contributed by atoms with Crippen LogP contribution in [0.2, 0.25) is 0 Å². The predicted molar refractivity (Wildman–Crippen MR) is 78.4 cm³/mol. The van der Waals surface area contributed by atoms with E-state index in [9.17, 15) is 4.79 Å². The number of nitrogens with two attached hydrogens (primary N) is 1. The second-order valence-corrected chi connectivity index (χ2v) is 5.64.